The van der Waals surface area contributed by atoms with E-state index in [1.165, 1.54) is 30.5 Å². The van der Waals surface area contributed by atoms with E-state index < -0.39 is 0 Å². The summed E-state index contributed by atoms with van der Waals surface area (Å²) in [4.78, 5) is 2.39. The molecule has 1 aliphatic carbocycles. The van der Waals surface area contributed by atoms with E-state index in [0.29, 0.717) is 12.5 Å². The van der Waals surface area contributed by atoms with Gasteiger partial charge in [-0.15, -0.1) is 12.4 Å². The maximum absolute atomic E-state index is 12.9. The quantitative estimate of drug-likeness (QED) is 0.667. The summed E-state index contributed by atoms with van der Waals surface area (Å²) in [7, 11) is 4.39. The van der Waals surface area contributed by atoms with Gasteiger partial charge in [0.25, 0.3) is 0 Å². The lowest BCUT2D eigenvalue weighted by Crippen LogP contribution is -2.44. The van der Waals surface area contributed by atoms with Crippen molar-refractivity contribution < 1.29 is 9.13 Å². The molecule has 0 aromatic heterocycles. The second-order valence-corrected chi connectivity index (χ2v) is 7.38. The topological polar surface area (TPSA) is 12.5 Å². The monoisotopic (exact) mass is 377 g/mol. The Hall–Kier alpha value is -1.42. The van der Waals surface area contributed by atoms with E-state index >= 15 is 0 Å². The molecule has 0 atom stereocenters. The Labute approximate surface area is 162 Å². The molecule has 2 nitrogen and oxygen atoms in total. The predicted molar refractivity (Wildman–Crippen MR) is 107 cm³/mol. The molecular formula is C22H29ClFNO. The highest BCUT2D eigenvalue weighted by atomic mass is 35.5. The van der Waals surface area contributed by atoms with E-state index in [2.05, 4.69) is 49.3 Å². The number of hydrogen-bond acceptors (Lipinski definition) is 2. The summed E-state index contributed by atoms with van der Waals surface area (Å²) in [6.45, 7) is 1.35. The third-order valence-electron chi connectivity index (χ3n) is 5.64. The van der Waals surface area contributed by atoms with Gasteiger partial charge in [0.2, 0.25) is 0 Å². The van der Waals surface area contributed by atoms with Crippen molar-refractivity contribution in [3.63, 3.8) is 0 Å². The van der Waals surface area contributed by atoms with Gasteiger partial charge in [0.05, 0.1) is 6.61 Å². The fourth-order valence-corrected chi connectivity index (χ4v) is 3.99. The minimum absolute atomic E-state index is 0. The van der Waals surface area contributed by atoms with Crippen molar-refractivity contribution in [2.45, 2.75) is 37.8 Å². The number of hydrogen-bond donors (Lipinski definition) is 0. The van der Waals surface area contributed by atoms with Crippen LogP contribution in [0.1, 0.15) is 36.8 Å². The fourth-order valence-electron chi connectivity index (χ4n) is 3.99. The Balaban J connectivity index is 0.00000243. The zero-order valence-corrected chi connectivity index (χ0v) is 16.5. The third-order valence-corrected chi connectivity index (χ3v) is 5.64. The van der Waals surface area contributed by atoms with Gasteiger partial charge in [-0.3, -0.25) is 4.90 Å². The van der Waals surface area contributed by atoms with Crippen LogP contribution in [0, 0.1) is 11.7 Å². The van der Waals surface area contributed by atoms with Crippen molar-refractivity contribution in [3.8, 4) is 0 Å². The van der Waals surface area contributed by atoms with Gasteiger partial charge in [-0.1, -0.05) is 42.5 Å². The lowest BCUT2D eigenvalue weighted by Gasteiger charge is -2.45. The Morgan fingerprint density at radius 2 is 1.62 bits per heavy atom. The Morgan fingerprint density at radius 1 is 1.00 bits per heavy atom. The van der Waals surface area contributed by atoms with Gasteiger partial charge < -0.3 is 4.74 Å². The van der Waals surface area contributed by atoms with Crippen LogP contribution < -0.4 is 0 Å². The Morgan fingerprint density at radius 3 is 2.19 bits per heavy atom. The molecule has 2 aromatic rings. The molecule has 0 amide bonds. The lowest BCUT2D eigenvalue weighted by atomic mass is 9.72. The summed E-state index contributed by atoms with van der Waals surface area (Å²) >= 11 is 0. The number of nitrogens with zero attached hydrogens (tertiary/aromatic N) is 1. The van der Waals surface area contributed by atoms with Crippen molar-refractivity contribution in [2.75, 3.05) is 20.7 Å². The molecule has 0 aliphatic heterocycles. The van der Waals surface area contributed by atoms with Crippen LogP contribution in [0.5, 0.6) is 0 Å². The summed E-state index contributed by atoms with van der Waals surface area (Å²) < 4.78 is 18.8. The molecule has 3 rings (SSSR count). The average Bonchev–Trinajstić information content (AvgIpc) is 2.64. The van der Waals surface area contributed by atoms with E-state index in [9.17, 15) is 4.39 Å². The minimum atomic E-state index is -0.197. The molecule has 0 saturated heterocycles. The highest BCUT2D eigenvalue weighted by Crippen LogP contribution is 2.43. The Kier molecular flexibility index (Phi) is 7.63. The molecule has 0 unspecified atom stereocenters. The maximum atomic E-state index is 12.9. The Bertz CT molecular complexity index is 652. The van der Waals surface area contributed by atoms with Gasteiger partial charge in [0, 0.05) is 12.1 Å². The van der Waals surface area contributed by atoms with Gasteiger partial charge in [-0.25, -0.2) is 4.39 Å². The second-order valence-electron chi connectivity index (χ2n) is 7.38. The molecule has 0 N–H and O–H groups in total. The number of rotatable bonds is 6. The molecular weight excluding hydrogens is 349 g/mol. The third kappa shape index (κ3) is 4.85. The largest absolute Gasteiger partial charge is 0.376 e. The van der Waals surface area contributed by atoms with Gasteiger partial charge >= 0.3 is 0 Å². The molecule has 1 fully saturated rings. The van der Waals surface area contributed by atoms with Crippen LogP contribution in [-0.4, -0.2) is 25.6 Å². The highest BCUT2D eigenvalue weighted by Gasteiger charge is 2.38. The molecule has 0 bridgehead atoms. The smallest absolute Gasteiger partial charge is 0.123 e. The SMILES string of the molecule is CN(C)C1(c2ccccc2)CCC(COCc2ccc(F)cc2)CC1.Cl. The first-order chi connectivity index (χ1) is 12.1. The molecule has 142 valence electrons. The summed E-state index contributed by atoms with van der Waals surface area (Å²) in [5.74, 6) is 0.411. The van der Waals surface area contributed by atoms with E-state index in [0.717, 1.165) is 25.0 Å². The zero-order valence-electron chi connectivity index (χ0n) is 15.7. The van der Waals surface area contributed by atoms with Gasteiger partial charge in [0.1, 0.15) is 5.82 Å². The molecule has 4 heteroatoms. The summed E-state index contributed by atoms with van der Waals surface area (Å²) in [5, 5.41) is 0. The van der Waals surface area contributed by atoms with Crippen LogP contribution >= 0.6 is 12.4 Å². The zero-order chi connectivity index (χ0) is 17.7. The van der Waals surface area contributed by atoms with Crippen molar-refractivity contribution in [1.29, 1.82) is 0 Å². The molecule has 0 spiro atoms. The average molecular weight is 378 g/mol. The van der Waals surface area contributed by atoms with Crippen LogP contribution in [0.25, 0.3) is 0 Å². The first-order valence-electron chi connectivity index (χ1n) is 9.15. The summed E-state index contributed by atoms with van der Waals surface area (Å²) in [6, 6.07) is 17.4. The van der Waals surface area contributed by atoms with Crippen LogP contribution in [0.15, 0.2) is 54.6 Å². The lowest BCUT2D eigenvalue weighted by molar-refractivity contribution is 0.0287. The van der Waals surface area contributed by atoms with Crippen molar-refractivity contribution >= 4 is 12.4 Å². The van der Waals surface area contributed by atoms with Gasteiger partial charge in [-0.2, -0.15) is 0 Å². The van der Waals surface area contributed by atoms with Crippen LogP contribution in [0.3, 0.4) is 0 Å². The molecule has 1 aliphatic rings. The molecule has 26 heavy (non-hydrogen) atoms. The fraction of sp³-hybridized carbons (Fsp3) is 0.455. The number of halogens is 2. The van der Waals surface area contributed by atoms with E-state index in [4.69, 9.17) is 4.74 Å². The van der Waals surface area contributed by atoms with Crippen LogP contribution in [0.2, 0.25) is 0 Å². The predicted octanol–water partition coefficient (Wildman–Crippen LogP) is 5.41. The van der Waals surface area contributed by atoms with Crippen LogP contribution in [0.4, 0.5) is 4.39 Å². The number of benzene rings is 2. The van der Waals surface area contributed by atoms with E-state index in [-0.39, 0.29) is 23.8 Å². The molecule has 0 radical (unpaired) electrons. The second kappa shape index (κ2) is 9.50. The van der Waals surface area contributed by atoms with Gasteiger partial charge in [-0.05, 0) is 69.0 Å². The number of ether oxygens (including phenoxy) is 1. The summed E-state index contributed by atoms with van der Waals surface area (Å²) in [6.07, 6.45) is 4.68. The molecule has 1 saturated carbocycles. The minimum Gasteiger partial charge on any atom is -0.376 e. The maximum Gasteiger partial charge on any atom is 0.123 e. The summed E-state index contributed by atoms with van der Waals surface area (Å²) in [5.41, 5.74) is 2.60. The van der Waals surface area contributed by atoms with Crippen molar-refractivity contribution in [2.24, 2.45) is 5.92 Å². The van der Waals surface area contributed by atoms with Gasteiger partial charge in [0.15, 0.2) is 0 Å². The van der Waals surface area contributed by atoms with Crippen molar-refractivity contribution in [3.05, 3.63) is 71.5 Å². The normalized spacial score (nSPS) is 22.8. The van der Waals surface area contributed by atoms with Crippen molar-refractivity contribution in [1.82, 2.24) is 4.90 Å². The highest BCUT2D eigenvalue weighted by molar-refractivity contribution is 5.85. The standard InChI is InChI=1S/C22H28FNO.ClH/c1-24(2)22(20-6-4-3-5-7-20)14-12-19(13-15-22)17-25-16-18-8-10-21(23)11-9-18;/h3-11,19H,12-17H2,1-2H3;1H. The molecule has 0 heterocycles. The van der Waals surface area contributed by atoms with E-state index in [1.54, 1.807) is 12.1 Å². The first kappa shape index (κ1) is 20.9. The van der Waals surface area contributed by atoms with Crippen LogP contribution in [-0.2, 0) is 16.9 Å². The molecule has 2 aromatic carbocycles. The van der Waals surface area contributed by atoms with E-state index in [1.807, 2.05) is 0 Å². The first-order valence-corrected chi connectivity index (χ1v) is 9.15.